The molecule has 0 unspecified atom stereocenters. The zero-order valence-corrected chi connectivity index (χ0v) is 13.1. The minimum Gasteiger partial charge on any atom is -0.485 e. The zero-order chi connectivity index (χ0) is 17.8. The van der Waals surface area contributed by atoms with Crippen LogP contribution in [0.4, 0.5) is 0 Å². The van der Waals surface area contributed by atoms with E-state index in [1.165, 1.54) is 24.3 Å². The lowest BCUT2D eigenvalue weighted by molar-refractivity contribution is -0.131. The monoisotopic (exact) mass is 334 g/mol. The minimum absolute atomic E-state index is 0.0558. The molecular formula is C20H14O5. The highest BCUT2D eigenvalue weighted by atomic mass is 16.5. The van der Waals surface area contributed by atoms with Crippen LogP contribution >= 0.6 is 0 Å². The van der Waals surface area contributed by atoms with E-state index in [9.17, 15) is 14.4 Å². The molecule has 0 aliphatic rings. The highest BCUT2D eigenvalue weighted by Gasteiger charge is 2.14. The van der Waals surface area contributed by atoms with Crippen molar-refractivity contribution in [3.63, 3.8) is 0 Å². The molecule has 0 saturated carbocycles. The van der Waals surface area contributed by atoms with Crippen molar-refractivity contribution in [2.45, 2.75) is 0 Å². The molecule has 0 bridgehead atoms. The molecule has 0 atom stereocenters. The van der Waals surface area contributed by atoms with Crippen LogP contribution in [0.2, 0.25) is 0 Å². The van der Waals surface area contributed by atoms with Gasteiger partial charge in [-0.05, 0) is 35.0 Å². The number of rotatable bonds is 6. The van der Waals surface area contributed by atoms with Gasteiger partial charge in [-0.1, -0.05) is 42.5 Å². The SMILES string of the molecule is O=C(O)C(=O)c1ccc(OCC(=O)c2cccc3ccccc23)cc1. The van der Waals surface area contributed by atoms with E-state index in [1.54, 1.807) is 6.07 Å². The van der Waals surface area contributed by atoms with Crippen molar-refractivity contribution in [2.75, 3.05) is 6.61 Å². The lowest BCUT2D eigenvalue weighted by Crippen LogP contribution is -2.13. The second kappa shape index (κ2) is 6.97. The lowest BCUT2D eigenvalue weighted by atomic mass is 10.0. The summed E-state index contributed by atoms with van der Waals surface area (Å²) in [6.45, 7) is -0.153. The Morgan fingerprint density at radius 3 is 2.24 bits per heavy atom. The smallest absolute Gasteiger partial charge is 0.377 e. The highest BCUT2D eigenvalue weighted by Crippen LogP contribution is 2.20. The molecule has 3 aromatic carbocycles. The summed E-state index contributed by atoms with van der Waals surface area (Å²) in [5, 5.41) is 10.5. The average molecular weight is 334 g/mol. The van der Waals surface area contributed by atoms with E-state index in [-0.39, 0.29) is 18.0 Å². The third-order valence-corrected chi connectivity index (χ3v) is 3.77. The number of aliphatic carboxylic acids is 1. The van der Waals surface area contributed by atoms with Gasteiger partial charge >= 0.3 is 5.97 Å². The molecule has 0 aliphatic carbocycles. The Balaban J connectivity index is 1.72. The molecule has 1 N–H and O–H groups in total. The maximum absolute atomic E-state index is 12.4. The van der Waals surface area contributed by atoms with Crippen LogP contribution in [0.5, 0.6) is 5.75 Å². The fourth-order valence-corrected chi connectivity index (χ4v) is 2.52. The Kier molecular flexibility index (Phi) is 4.57. The molecule has 5 heteroatoms. The van der Waals surface area contributed by atoms with Gasteiger partial charge in [0.25, 0.3) is 5.78 Å². The molecule has 0 aromatic heterocycles. The fourth-order valence-electron chi connectivity index (χ4n) is 2.52. The first-order valence-electron chi connectivity index (χ1n) is 7.58. The van der Waals surface area contributed by atoms with Crippen molar-refractivity contribution in [1.82, 2.24) is 0 Å². The molecule has 0 saturated heterocycles. The van der Waals surface area contributed by atoms with Crippen LogP contribution in [0.3, 0.4) is 0 Å². The Labute approximate surface area is 143 Å². The van der Waals surface area contributed by atoms with Gasteiger partial charge in [-0.3, -0.25) is 9.59 Å². The molecule has 0 radical (unpaired) electrons. The number of fused-ring (bicyclic) bond motifs is 1. The van der Waals surface area contributed by atoms with Crippen LogP contribution in [0.15, 0.2) is 66.7 Å². The Bertz CT molecular complexity index is 952. The van der Waals surface area contributed by atoms with Gasteiger partial charge in [0.15, 0.2) is 6.61 Å². The van der Waals surface area contributed by atoms with Gasteiger partial charge in [0.05, 0.1) is 0 Å². The summed E-state index contributed by atoms with van der Waals surface area (Å²) in [4.78, 5) is 34.4. The maximum atomic E-state index is 12.4. The molecule has 0 heterocycles. The van der Waals surface area contributed by atoms with Crippen LogP contribution in [0, 0.1) is 0 Å². The summed E-state index contributed by atoms with van der Waals surface area (Å²) in [5.41, 5.74) is 0.635. The summed E-state index contributed by atoms with van der Waals surface area (Å²) < 4.78 is 5.46. The molecule has 124 valence electrons. The average Bonchev–Trinajstić information content (AvgIpc) is 2.65. The first-order valence-corrected chi connectivity index (χ1v) is 7.58. The highest BCUT2D eigenvalue weighted by molar-refractivity contribution is 6.39. The molecule has 0 fully saturated rings. The van der Waals surface area contributed by atoms with Gasteiger partial charge in [0, 0.05) is 11.1 Å². The van der Waals surface area contributed by atoms with E-state index < -0.39 is 11.8 Å². The molecule has 0 spiro atoms. The van der Waals surface area contributed by atoms with Crippen LogP contribution < -0.4 is 4.74 Å². The maximum Gasteiger partial charge on any atom is 0.377 e. The molecule has 0 aliphatic heterocycles. The van der Waals surface area contributed by atoms with E-state index in [0.717, 1.165) is 10.8 Å². The zero-order valence-electron chi connectivity index (χ0n) is 13.1. The van der Waals surface area contributed by atoms with Crippen molar-refractivity contribution in [2.24, 2.45) is 0 Å². The second-order valence-corrected chi connectivity index (χ2v) is 5.40. The van der Waals surface area contributed by atoms with E-state index in [0.29, 0.717) is 11.3 Å². The normalized spacial score (nSPS) is 10.4. The number of carbonyl (C=O) groups is 3. The predicted molar refractivity (Wildman–Crippen MR) is 92.2 cm³/mol. The minimum atomic E-state index is -1.51. The van der Waals surface area contributed by atoms with E-state index >= 15 is 0 Å². The number of carboxylic acids is 1. The van der Waals surface area contributed by atoms with Crippen LogP contribution in [-0.2, 0) is 4.79 Å². The number of hydrogen-bond acceptors (Lipinski definition) is 4. The van der Waals surface area contributed by atoms with Gasteiger partial charge < -0.3 is 9.84 Å². The summed E-state index contributed by atoms with van der Waals surface area (Å²) in [6.07, 6.45) is 0. The first-order chi connectivity index (χ1) is 12.1. The van der Waals surface area contributed by atoms with Gasteiger partial charge in [-0.15, -0.1) is 0 Å². The number of hydrogen-bond donors (Lipinski definition) is 1. The van der Waals surface area contributed by atoms with Crippen LogP contribution in [0.1, 0.15) is 20.7 Å². The quantitative estimate of drug-likeness (QED) is 0.552. The Morgan fingerprint density at radius 2 is 1.52 bits per heavy atom. The topological polar surface area (TPSA) is 80.7 Å². The van der Waals surface area contributed by atoms with Crippen molar-refractivity contribution < 1.29 is 24.2 Å². The molecule has 3 aromatic rings. The van der Waals surface area contributed by atoms with E-state index in [1.807, 2.05) is 36.4 Å². The van der Waals surface area contributed by atoms with Gasteiger partial charge in [-0.2, -0.15) is 0 Å². The van der Waals surface area contributed by atoms with E-state index in [2.05, 4.69) is 0 Å². The standard InChI is InChI=1S/C20H14O5/c21-18(17-7-3-5-13-4-1-2-6-16(13)17)12-25-15-10-8-14(9-11-15)19(22)20(23)24/h1-11H,12H2,(H,23,24). The summed E-state index contributed by atoms with van der Waals surface area (Å²) in [5.74, 6) is -2.28. The number of Topliss-reactive ketones (excluding diaryl/α,β-unsaturated/α-hetero) is 2. The number of benzene rings is 3. The van der Waals surface area contributed by atoms with Crippen LogP contribution in [-0.4, -0.2) is 29.2 Å². The summed E-state index contributed by atoms with van der Waals surface area (Å²) in [6, 6.07) is 18.8. The van der Waals surface area contributed by atoms with Gasteiger partial charge in [0.1, 0.15) is 5.75 Å². The van der Waals surface area contributed by atoms with Crippen molar-refractivity contribution in [1.29, 1.82) is 0 Å². The van der Waals surface area contributed by atoms with Gasteiger partial charge in [-0.25, -0.2) is 4.79 Å². The lowest BCUT2D eigenvalue weighted by Gasteiger charge is -2.08. The van der Waals surface area contributed by atoms with Crippen molar-refractivity contribution in [3.05, 3.63) is 77.9 Å². The second-order valence-electron chi connectivity index (χ2n) is 5.40. The predicted octanol–water partition coefficient (Wildman–Crippen LogP) is 3.37. The number of ether oxygens (including phenoxy) is 1. The van der Waals surface area contributed by atoms with Gasteiger partial charge in [0.2, 0.25) is 5.78 Å². The third-order valence-electron chi connectivity index (χ3n) is 3.77. The largest absolute Gasteiger partial charge is 0.485 e. The third kappa shape index (κ3) is 3.55. The number of carboxylic acid groups (broad SMARTS) is 1. The number of carbonyl (C=O) groups excluding carboxylic acids is 2. The summed E-state index contributed by atoms with van der Waals surface area (Å²) >= 11 is 0. The fraction of sp³-hybridized carbons (Fsp3) is 0.0500. The summed E-state index contributed by atoms with van der Waals surface area (Å²) in [7, 11) is 0. The molecule has 5 nitrogen and oxygen atoms in total. The van der Waals surface area contributed by atoms with Crippen molar-refractivity contribution in [3.8, 4) is 5.75 Å². The first kappa shape index (κ1) is 16.4. The van der Waals surface area contributed by atoms with Crippen LogP contribution in [0.25, 0.3) is 10.8 Å². The molecule has 0 amide bonds. The number of ketones is 2. The Hall–Kier alpha value is -3.47. The Morgan fingerprint density at radius 1 is 0.840 bits per heavy atom. The molecule has 3 rings (SSSR count). The van der Waals surface area contributed by atoms with Crippen molar-refractivity contribution >= 4 is 28.3 Å². The molecule has 25 heavy (non-hydrogen) atoms. The van der Waals surface area contributed by atoms with E-state index in [4.69, 9.17) is 9.84 Å². The molecular weight excluding hydrogens is 320 g/mol.